The van der Waals surface area contributed by atoms with E-state index in [1.807, 2.05) is 10.00 Å². The fourth-order valence-electron chi connectivity index (χ4n) is 4.37. The van der Waals surface area contributed by atoms with E-state index in [0.717, 1.165) is 18.9 Å². The maximum absolute atomic E-state index is 14.5. The van der Waals surface area contributed by atoms with E-state index in [9.17, 15) is 31.9 Å². The summed E-state index contributed by atoms with van der Waals surface area (Å²) in [6.07, 6.45) is -3.37. The van der Waals surface area contributed by atoms with Crippen LogP contribution in [0.2, 0.25) is 0 Å². The zero-order chi connectivity index (χ0) is 23.9. The van der Waals surface area contributed by atoms with Crippen LogP contribution in [0.15, 0.2) is 29.1 Å². The van der Waals surface area contributed by atoms with E-state index in [-0.39, 0.29) is 42.7 Å². The van der Waals surface area contributed by atoms with Crippen LogP contribution in [0, 0.1) is 11.7 Å². The Labute approximate surface area is 186 Å². The first-order valence-electron chi connectivity index (χ1n) is 10.5. The second-order valence-corrected chi connectivity index (χ2v) is 8.66. The average Bonchev–Trinajstić information content (AvgIpc) is 2.75. The Hall–Kier alpha value is -3.08. The van der Waals surface area contributed by atoms with Gasteiger partial charge in [-0.1, -0.05) is 13.0 Å². The minimum absolute atomic E-state index is 0.0881. The van der Waals surface area contributed by atoms with Crippen molar-refractivity contribution in [1.82, 2.24) is 20.0 Å². The number of nitrogens with zero attached hydrogens (tertiary/aromatic N) is 3. The number of carbonyl (C=O) groups is 2. The van der Waals surface area contributed by atoms with Crippen LogP contribution in [0.4, 0.5) is 17.6 Å². The zero-order valence-electron chi connectivity index (χ0n) is 17.8. The van der Waals surface area contributed by atoms with Gasteiger partial charge in [-0.05, 0) is 42.5 Å². The molecule has 1 amide bonds. The van der Waals surface area contributed by atoms with Crippen LogP contribution in [0.1, 0.15) is 46.9 Å². The number of piperidine rings is 1. The van der Waals surface area contributed by atoms with Crippen molar-refractivity contribution in [3.8, 4) is 0 Å². The van der Waals surface area contributed by atoms with Crippen molar-refractivity contribution in [3.05, 3.63) is 62.8 Å². The van der Waals surface area contributed by atoms with E-state index in [2.05, 4.69) is 12.0 Å². The lowest BCUT2D eigenvalue weighted by molar-refractivity contribution is -0.139. The second-order valence-electron chi connectivity index (χ2n) is 8.66. The number of aromatic nitrogens is 2. The highest BCUT2D eigenvalue weighted by molar-refractivity contribution is 5.98. The quantitative estimate of drug-likeness (QED) is 0.703. The molecule has 2 saturated heterocycles. The minimum atomic E-state index is -4.85. The average molecular weight is 466 g/mol. The summed E-state index contributed by atoms with van der Waals surface area (Å²) in [6.45, 7) is 2.84. The van der Waals surface area contributed by atoms with Gasteiger partial charge in [-0.2, -0.15) is 18.3 Å². The molecule has 3 heterocycles. The van der Waals surface area contributed by atoms with Crippen LogP contribution in [-0.2, 0) is 17.4 Å². The van der Waals surface area contributed by atoms with E-state index in [0.29, 0.717) is 24.1 Å². The van der Waals surface area contributed by atoms with E-state index in [1.165, 1.54) is 17.0 Å². The van der Waals surface area contributed by atoms with Crippen molar-refractivity contribution in [2.75, 3.05) is 19.8 Å². The Morgan fingerprint density at radius 3 is 2.73 bits per heavy atom. The molecule has 1 aromatic heterocycles. The van der Waals surface area contributed by atoms with E-state index >= 15 is 0 Å². The summed E-state index contributed by atoms with van der Waals surface area (Å²) in [7, 11) is 0. The highest BCUT2D eigenvalue weighted by atomic mass is 19.4. The first-order valence-corrected chi connectivity index (χ1v) is 10.5. The Balaban J connectivity index is 1.55. The maximum atomic E-state index is 14.5. The van der Waals surface area contributed by atoms with Gasteiger partial charge in [-0.15, -0.1) is 0 Å². The van der Waals surface area contributed by atoms with Crippen molar-refractivity contribution in [2.24, 2.45) is 5.92 Å². The maximum Gasteiger partial charge on any atom is 0.421 e. The van der Waals surface area contributed by atoms with Crippen LogP contribution in [0.25, 0.3) is 0 Å². The summed E-state index contributed by atoms with van der Waals surface area (Å²) >= 11 is 0. The van der Waals surface area contributed by atoms with Crippen molar-refractivity contribution in [3.63, 3.8) is 0 Å². The molecule has 0 unspecified atom stereocenters. The first-order chi connectivity index (χ1) is 15.5. The Kier molecular flexibility index (Phi) is 6.08. The van der Waals surface area contributed by atoms with Gasteiger partial charge in [-0.3, -0.25) is 19.3 Å². The molecule has 2 atom stereocenters. The first kappa shape index (κ1) is 23.1. The summed E-state index contributed by atoms with van der Waals surface area (Å²) in [5.74, 6) is -1.12. The SMILES string of the molecule is C[C@@H]1CCN2CN(C(=O)c3cc(Cc4cc(C(F)(F)F)c(=O)[nH]n4)ccc3F)CC(=O)[C@H]2C1. The molecule has 1 aromatic carbocycles. The normalized spacial score (nSPS) is 21.7. The third kappa shape index (κ3) is 4.82. The molecule has 33 heavy (non-hydrogen) atoms. The predicted octanol–water partition coefficient (Wildman–Crippen LogP) is 2.60. The van der Waals surface area contributed by atoms with Gasteiger partial charge in [0.1, 0.15) is 11.4 Å². The number of nitrogens with one attached hydrogen (secondary N) is 1. The second kappa shape index (κ2) is 8.69. The highest BCUT2D eigenvalue weighted by Crippen LogP contribution is 2.28. The number of Topliss-reactive ketones (excluding diaryl/α,β-unsaturated/α-hetero) is 1. The van der Waals surface area contributed by atoms with Gasteiger partial charge in [0.15, 0.2) is 5.78 Å². The number of fused-ring (bicyclic) bond motifs is 1. The van der Waals surface area contributed by atoms with Crippen LogP contribution in [-0.4, -0.2) is 57.5 Å². The predicted molar refractivity (Wildman–Crippen MR) is 109 cm³/mol. The number of hydrogen-bond donors (Lipinski definition) is 1. The molecular weight excluding hydrogens is 444 g/mol. The number of carbonyl (C=O) groups excluding carboxylic acids is 2. The third-order valence-corrected chi connectivity index (χ3v) is 6.14. The molecule has 0 saturated carbocycles. The van der Waals surface area contributed by atoms with Gasteiger partial charge < -0.3 is 4.90 Å². The summed E-state index contributed by atoms with van der Waals surface area (Å²) in [5, 5.41) is 5.43. The lowest BCUT2D eigenvalue weighted by Crippen LogP contribution is -2.60. The molecule has 176 valence electrons. The van der Waals surface area contributed by atoms with Crippen molar-refractivity contribution >= 4 is 11.7 Å². The van der Waals surface area contributed by atoms with Crippen LogP contribution in [0.3, 0.4) is 0 Å². The molecule has 1 N–H and O–H groups in total. The number of H-pyrrole nitrogens is 1. The standard InChI is InChI=1S/C22H22F4N4O3/c1-12-4-5-29-11-30(10-19(31)18(29)6-12)21(33)15-8-13(2-3-17(15)23)7-14-9-16(22(24,25)26)20(32)28-27-14/h2-3,8-9,12,18H,4-7,10-11H2,1H3,(H,28,32)/t12-,18-/m1/s1. The lowest BCUT2D eigenvalue weighted by atomic mass is 9.89. The molecule has 4 rings (SSSR count). The molecule has 2 aliphatic rings. The topological polar surface area (TPSA) is 86.4 Å². The smallest absolute Gasteiger partial charge is 0.318 e. The van der Waals surface area contributed by atoms with Gasteiger partial charge in [0, 0.05) is 13.0 Å². The summed E-state index contributed by atoms with van der Waals surface area (Å²) in [6, 6.07) is 4.02. The lowest BCUT2D eigenvalue weighted by Gasteiger charge is -2.44. The molecule has 2 aromatic rings. The Morgan fingerprint density at radius 1 is 1.24 bits per heavy atom. The molecule has 0 bridgehead atoms. The molecule has 0 radical (unpaired) electrons. The van der Waals surface area contributed by atoms with Crippen LogP contribution < -0.4 is 5.56 Å². The molecule has 2 fully saturated rings. The summed E-state index contributed by atoms with van der Waals surface area (Å²) < 4.78 is 53.5. The van der Waals surface area contributed by atoms with Crippen molar-refractivity contribution < 1.29 is 27.2 Å². The van der Waals surface area contributed by atoms with Gasteiger partial charge in [0.05, 0.1) is 30.5 Å². The van der Waals surface area contributed by atoms with Crippen molar-refractivity contribution in [1.29, 1.82) is 0 Å². The fraction of sp³-hybridized carbons (Fsp3) is 0.455. The van der Waals surface area contributed by atoms with Crippen LogP contribution >= 0.6 is 0 Å². The summed E-state index contributed by atoms with van der Waals surface area (Å²) in [4.78, 5) is 40.3. The molecule has 0 spiro atoms. The number of alkyl halides is 3. The number of benzene rings is 1. The van der Waals surface area contributed by atoms with Crippen molar-refractivity contribution in [2.45, 2.75) is 38.4 Å². The molecular formula is C22H22F4N4O3. The zero-order valence-corrected chi connectivity index (χ0v) is 17.8. The highest BCUT2D eigenvalue weighted by Gasteiger charge is 2.39. The summed E-state index contributed by atoms with van der Waals surface area (Å²) in [5.41, 5.74) is -2.78. The Morgan fingerprint density at radius 2 is 2.00 bits per heavy atom. The number of amides is 1. The number of hydrogen-bond acceptors (Lipinski definition) is 5. The molecule has 7 nitrogen and oxygen atoms in total. The number of aromatic amines is 1. The van der Waals surface area contributed by atoms with E-state index < -0.39 is 29.0 Å². The van der Waals surface area contributed by atoms with Gasteiger partial charge in [-0.25, -0.2) is 9.49 Å². The van der Waals surface area contributed by atoms with Crippen LogP contribution in [0.5, 0.6) is 0 Å². The van der Waals surface area contributed by atoms with E-state index in [1.54, 1.807) is 0 Å². The molecule has 0 aliphatic carbocycles. The van der Waals surface area contributed by atoms with Gasteiger partial charge >= 0.3 is 6.18 Å². The van der Waals surface area contributed by atoms with Gasteiger partial charge in [0.25, 0.3) is 11.5 Å². The largest absolute Gasteiger partial charge is 0.421 e. The number of ketones is 1. The Bertz CT molecular complexity index is 1150. The fourth-order valence-corrected chi connectivity index (χ4v) is 4.37. The minimum Gasteiger partial charge on any atom is -0.318 e. The monoisotopic (exact) mass is 466 g/mol. The molecule has 2 aliphatic heterocycles. The molecule has 11 heteroatoms. The third-order valence-electron chi connectivity index (χ3n) is 6.14. The number of rotatable bonds is 3. The van der Waals surface area contributed by atoms with Gasteiger partial charge in [0.2, 0.25) is 0 Å². The number of halogens is 4. The van der Waals surface area contributed by atoms with E-state index in [4.69, 9.17) is 0 Å².